The molecule has 1 aromatic heterocycles. The number of hydrogen-bond acceptors (Lipinski definition) is 5. The van der Waals surface area contributed by atoms with Crippen LogP contribution in [0.25, 0.3) is 11.1 Å². The Balaban J connectivity index is 1.56. The molecule has 1 aliphatic heterocycles. The Morgan fingerprint density at radius 3 is 2.72 bits per heavy atom. The van der Waals surface area contributed by atoms with Crippen LogP contribution in [0, 0.1) is 0 Å². The maximum atomic E-state index is 13.5. The fraction of sp³-hybridized carbons (Fsp3) is 0.619. The molecule has 0 unspecified atom stereocenters. The summed E-state index contributed by atoms with van der Waals surface area (Å²) in [6.45, 7) is -0.492. The van der Waals surface area contributed by atoms with Gasteiger partial charge in [-0.3, -0.25) is 0 Å². The average Bonchev–Trinajstić information content (AvgIpc) is 3.30. The van der Waals surface area contributed by atoms with Gasteiger partial charge in [0.05, 0.1) is 19.2 Å². The standard InChI is InChI=1S/C21H26F4N4O3/c1-31-11-15(29-10-17(21(23,24)25)28-19(29)30)12-2-3-16-14(8-12)27-18(32-16)9-20(26)6-4-13(22)5-7-20/h2-3,8,13,15,17H,4-7,9-11,26H2,1H3,(H,28,30)/t13?,15-,17+,20?/m1/s1. The lowest BCUT2D eigenvalue weighted by atomic mass is 9.79. The largest absolute Gasteiger partial charge is 0.441 e. The summed E-state index contributed by atoms with van der Waals surface area (Å²) in [5.74, 6) is 0.427. The molecule has 1 saturated heterocycles. The van der Waals surface area contributed by atoms with E-state index in [2.05, 4.69) is 4.98 Å². The number of nitrogens with two attached hydrogens (primary N) is 1. The molecular weight excluding hydrogens is 432 g/mol. The van der Waals surface area contributed by atoms with Crippen molar-refractivity contribution in [3.63, 3.8) is 0 Å². The van der Waals surface area contributed by atoms with Crippen LogP contribution >= 0.6 is 0 Å². The lowest BCUT2D eigenvalue weighted by Crippen LogP contribution is -2.45. The number of ether oxygens (including phenoxy) is 1. The van der Waals surface area contributed by atoms with Gasteiger partial charge in [0, 0.05) is 19.1 Å². The number of amides is 2. The van der Waals surface area contributed by atoms with Crippen LogP contribution in [0.4, 0.5) is 22.4 Å². The molecule has 7 nitrogen and oxygen atoms in total. The van der Waals surface area contributed by atoms with Crippen molar-refractivity contribution in [1.82, 2.24) is 15.2 Å². The number of nitrogens with zero attached hydrogens (tertiary/aromatic N) is 2. The Morgan fingerprint density at radius 1 is 1.38 bits per heavy atom. The molecule has 2 heterocycles. The van der Waals surface area contributed by atoms with E-state index in [0.29, 0.717) is 54.7 Å². The van der Waals surface area contributed by atoms with Gasteiger partial charge in [0.15, 0.2) is 11.5 Å². The van der Waals surface area contributed by atoms with Crippen LogP contribution in [0.2, 0.25) is 0 Å². The SMILES string of the molecule is COC[C@H](c1ccc2oc(CC3(N)CCC(F)CC3)nc2c1)N1C[C@@H](C(F)(F)F)NC1=O. The minimum Gasteiger partial charge on any atom is -0.441 e. The van der Waals surface area contributed by atoms with E-state index in [9.17, 15) is 22.4 Å². The van der Waals surface area contributed by atoms with E-state index in [4.69, 9.17) is 14.9 Å². The molecule has 0 radical (unpaired) electrons. The number of methoxy groups -OCH3 is 1. The Kier molecular flexibility index (Phi) is 6.06. The van der Waals surface area contributed by atoms with Crippen LogP contribution in [0.5, 0.6) is 0 Å². The zero-order valence-electron chi connectivity index (χ0n) is 17.6. The summed E-state index contributed by atoms with van der Waals surface area (Å²) in [4.78, 5) is 17.9. The van der Waals surface area contributed by atoms with Gasteiger partial charge in [-0.05, 0) is 43.4 Å². The fourth-order valence-corrected chi connectivity index (χ4v) is 4.45. The van der Waals surface area contributed by atoms with E-state index >= 15 is 0 Å². The van der Waals surface area contributed by atoms with Gasteiger partial charge in [0.2, 0.25) is 0 Å². The van der Waals surface area contributed by atoms with Crippen molar-refractivity contribution in [3.05, 3.63) is 29.7 Å². The predicted octanol–water partition coefficient (Wildman–Crippen LogP) is 3.62. The van der Waals surface area contributed by atoms with E-state index in [0.717, 1.165) is 4.90 Å². The summed E-state index contributed by atoms with van der Waals surface area (Å²) in [6.07, 6.45) is -3.08. The monoisotopic (exact) mass is 458 g/mol. The van der Waals surface area contributed by atoms with E-state index in [1.807, 2.05) is 5.32 Å². The third-order valence-corrected chi connectivity index (χ3v) is 6.29. The Bertz CT molecular complexity index is 972. The van der Waals surface area contributed by atoms with E-state index in [1.165, 1.54) is 7.11 Å². The van der Waals surface area contributed by atoms with E-state index in [-0.39, 0.29) is 6.61 Å². The second-order valence-corrected chi connectivity index (χ2v) is 8.72. The number of fused-ring (bicyclic) bond motifs is 1. The predicted molar refractivity (Wildman–Crippen MR) is 108 cm³/mol. The van der Waals surface area contributed by atoms with E-state index in [1.54, 1.807) is 18.2 Å². The average molecular weight is 458 g/mol. The van der Waals surface area contributed by atoms with Crippen LogP contribution in [0.15, 0.2) is 22.6 Å². The van der Waals surface area contributed by atoms with Gasteiger partial charge < -0.3 is 25.1 Å². The molecule has 4 rings (SSSR count). The third-order valence-electron chi connectivity index (χ3n) is 6.29. The minimum absolute atomic E-state index is 0.0184. The molecular formula is C21H26F4N4O3. The lowest BCUT2D eigenvalue weighted by Gasteiger charge is -2.33. The highest BCUT2D eigenvalue weighted by Crippen LogP contribution is 2.33. The summed E-state index contributed by atoms with van der Waals surface area (Å²) in [7, 11) is 1.42. The molecule has 2 fully saturated rings. The van der Waals surface area contributed by atoms with Gasteiger partial charge in [-0.15, -0.1) is 0 Å². The van der Waals surface area contributed by atoms with Crippen molar-refractivity contribution < 1.29 is 31.5 Å². The van der Waals surface area contributed by atoms with Crippen molar-refractivity contribution in [3.8, 4) is 0 Å². The summed E-state index contributed by atoms with van der Waals surface area (Å²) in [5, 5.41) is 1.98. The maximum Gasteiger partial charge on any atom is 0.410 e. The molecule has 0 bridgehead atoms. The number of rotatable bonds is 6. The summed E-state index contributed by atoms with van der Waals surface area (Å²) < 4.78 is 63.7. The number of oxazole rings is 1. The van der Waals surface area contributed by atoms with Gasteiger partial charge in [0.25, 0.3) is 0 Å². The van der Waals surface area contributed by atoms with Crippen molar-refractivity contribution >= 4 is 17.1 Å². The number of alkyl halides is 4. The van der Waals surface area contributed by atoms with Gasteiger partial charge in [-0.2, -0.15) is 13.2 Å². The zero-order valence-corrected chi connectivity index (χ0v) is 17.6. The fourth-order valence-electron chi connectivity index (χ4n) is 4.45. The van der Waals surface area contributed by atoms with Gasteiger partial charge in [-0.1, -0.05) is 6.07 Å². The van der Waals surface area contributed by atoms with E-state index < -0.39 is 42.5 Å². The topological polar surface area (TPSA) is 93.6 Å². The molecule has 3 N–H and O–H groups in total. The van der Waals surface area contributed by atoms with Gasteiger partial charge >= 0.3 is 12.2 Å². The van der Waals surface area contributed by atoms with Crippen LogP contribution in [-0.2, 0) is 11.2 Å². The van der Waals surface area contributed by atoms with Crippen LogP contribution < -0.4 is 11.1 Å². The Labute approximate surface area is 182 Å². The smallest absolute Gasteiger partial charge is 0.410 e. The molecule has 1 aromatic carbocycles. The first kappa shape index (κ1) is 22.8. The summed E-state index contributed by atoms with van der Waals surface area (Å²) in [5.41, 5.74) is 7.42. The summed E-state index contributed by atoms with van der Waals surface area (Å²) in [6, 6.07) is 1.57. The highest BCUT2D eigenvalue weighted by atomic mass is 19.4. The van der Waals surface area contributed by atoms with Crippen LogP contribution in [-0.4, -0.2) is 60.1 Å². The number of hydrogen-bond donors (Lipinski definition) is 2. The highest BCUT2D eigenvalue weighted by molar-refractivity contribution is 5.78. The molecule has 2 aliphatic rings. The van der Waals surface area contributed by atoms with Crippen molar-refractivity contribution in [2.75, 3.05) is 20.3 Å². The van der Waals surface area contributed by atoms with Crippen LogP contribution in [0.1, 0.15) is 43.2 Å². The second-order valence-electron chi connectivity index (χ2n) is 8.72. The highest BCUT2D eigenvalue weighted by Gasteiger charge is 2.48. The number of carbonyl (C=O) groups is 1. The second kappa shape index (κ2) is 8.51. The molecule has 0 spiro atoms. The molecule has 2 aromatic rings. The quantitative estimate of drug-likeness (QED) is 0.645. The molecule has 11 heteroatoms. The molecule has 1 aliphatic carbocycles. The molecule has 32 heavy (non-hydrogen) atoms. The number of aromatic nitrogens is 1. The molecule has 2 amide bonds. The lowest BCUT2D eigenvalue weighted by molar-refractivity contribution is -0.150. The van der Waals surface area contributed by atoms with Gasteiger partial charge in [-0.25, -0.2) is 14.2 Å². The first-order valence-electron chi connectivity index (χ1n) is 10.5. The third kappa shape index (κ3) is 4.68. The van der Waals surface area contributed by atoms with Crippen molar-refractivity contribution in [1.29, 1.82) is 0 Å². The first-order valence-corrected chi connectivity index (χ1v) is 10.5. The number of benzene rings is 1. The van der Waals surface area contributed by atoms with Crippen molar-refractivity contribution in [2.24, 2.45) is 5.73 Å². The molecule has 1 saturated carbocycles. The first-order chi connectivity index (χ1) is 15.1. The zero-order chi connectivity index (χ0) is 23.1. The summed E-state index contributed by atoms with van der Waals surface area (Å²) >= 11 is 0. The Morgan fingerprint density at radius 2 is 2.09 bits per heavy atom. The van der Waals surface area contributed by atoms with Gasteiger partial charge in [0.1, 0.15) is 17.7 Å². The van der Waals surface area contributed by atoms with Crippen LogP contribution in [0.3, 0.4) is 0 Å². The molecule has 2 atom stereocenters. The molecule has 176 valence electrons. The minimum atomic E-state index is -4.54. The Hall–Kier alpha value is -2.40. The maximum absolute atomic E-state index is 13.5. The number of carbonyl (C=O) groups excluding carboxylic acids is 1. The number of urea groups is 1. The van der Waals surface area contributed by atoms with Crippen molar-refractivity contribution in [2.45, 2.75) is 62.1 Å². The normalized spacial score (nSPS) is 27.7. The number of halogens is 4. The number of nitrogens with one attached hydrogen (secondary N) is 1.